The van der Waals surface area contributed by atoms with Gasteiger partial charge in [-0.05, 0) is 48.9 Å². The SMILES string of the molecule is Cc1ccccc1NC(=O)c1ccc(C(/C=C(\N)C(F)(F)F)=Nc2ccccc2Cl)cc1. The number of hydrogen-bond acceptors (Lipinski definition) is 3. The first-order valence-electron chi connectivity index (χ1n) is 9.50. The Kier molecular flexibility index (Phi) is 7.00. The van der Waals surface area contributed by atoms with Crippen molar-refractivity contribution in [2.75, 3.05) is 5.32 Å². The van der Waals surface area contributed by atoms with Crippen molar-refractivity contribution in [2.45, 2.75) is 13.1 Å². The standard InChI is InChI=1S/C24H19ClF3N3O/c1-15-6-2-4-8-19(15)31-23(32)17-12-10-16(11-13-17)21(14-22(29)24(26,27)28)30-20-9-5-3-7-18(20)25/h2-14H,29H2,1H3,(H,31,32)/b22-14-,30-21?. The van der Waals surface area contributed by atoms with E-state index in [1.165, 1.54) is 24.3 Å². The molecule has 0 unspecified atom stereocenters. The van der Waals surface area contributed by atoms with Crippen molar-refractivity contribution in [3.8, 4) is 0 Å². The van der Waals surface area contributed by atoms with Crippen molar-refractivity contribution in [1.29, 1.82) is 0 Å². The van der Waals surface area contributed by atoms with Gasteiger partial charge >= 0.3 is 6.18 Å². The van der Waals surface area contributed by atoms with Gasteiger partial charge in [-0.15, -0.1) is 0 Å². The van der Waals surface area contributed by atoms with E-state index in [-0.39, 0.29) is 22.3 Å². The van der Waals surface area contributed by atoms with Crippen LogP contribution < -0.4 is 11.1 Å². The predicted molar refractivity (Wildman–Crippen MR) is 122 cm³/mol. The van der Waals surface area contributed by atoms with Crippen LogP contribution in [0.25, 0.3) is 0 Å². The summed E-state index contributed by atoms with van der Waals surface area (Å²) in [5.41, 5.74) is 6.41. The Morgan fingerprint density at radius 3 is 2.19 bits per heavy atom. The molecule has 0 heterocycles. The third-order valence-electron chi connectivity index (χ3n) is 4.55. The summed E-state index contributed by atoms with van der Waals surface area (Å²) in [7, 11) is 0. The van der Waals surface area contributed by atoms with E-state index in [9.17, 15) is 18.0 Å². The second kappa shape index (κ2) is 9.70. The number of allylic oxidation sites excluding steroid dienone is 2. The number of aryl methyl sites for hydroxylation is 1. The second-order valence-electron chi connectivity index (χ2n) is 6.89. The lowest BCUT2D eigenvalue weighted by Gasteiger charge is -2.10. The highest BCUT2D eigenvalue weighted by atomic mass is 35.5. The molecule has 3 N–H and O–H groups in total. The van der Waals surface area contributed by atoms with Gasteiger partial charge in [0.1, 0.15) is 5.70 Å². The van der Waals surface area contributed by atoms with E-state index >= 15 is 0 Å². The van der Waals surface area contributed by atoms with E-state index in [1.54, 1.807) is 36.4 Å². The summed E-state index contributed by atoms with van der Waals surface area (Å²) < 4.78 is 39.1. The molecule has 164 valence electrons. The molecule has 0 atom stereocenters. The lowest BCUT2D eigenvalue weighted by molar-refractivity contribution is -0.0925. The highest BCUT2D eigenvalue weighted by Crippen LogP contribution is 2.27. The van der Waals surface area contributed by atoms with Crippen LogP contribution in [-0.4, -0.2) is 17.8 Å². The summed E-state index contributed by atoms with van der Waals surface area (Å²) in [6.45, 7) is 1.87. The van der Waals surface area contributed by atoms with Gasteiger partial charge in [-0.2, -0.15) is 13.2 Å². The molecule has 32 heavy (non-hydrogen) atoms. The Morgan fingerprint density at radius 1 is 0.969 bits per heavy atom. The Labute approximate surface area is 188 Å². The number of para-hydroxylation sites is 2. The zero-order valence-corrected chi connectivity index (χ0v) is 17.7. The van der Waals surface area contributed by atoms with Crippen LogP contribution in [0.3, 0.4) is 0 Å². The fourth-order valence-corrected chi connectivity index (χ4v) is 2.96. The Morgan fingerprint density at radius 2 is 1.56 bits per heavy atom. The highest BCUT2D eigenvalue weighted by Gasteiger charge is 2.31. The maximum Gasteiger partial charge on any atom is 0.430 e. The minimum atomic E-state index is -4.71. The largest absolute Gasteiger partial charge is 0.430 e. The number of nitrogens with two attached hydrogens (primary N) is 1. The number of amides is 1. The van der Waals surface area contributed by atoms with Crippen molar-refractivity contribution in [3.63, 3.8) is 0 Å². The van der Waals surface area contributed by atoms with Crippen LogP contribution in [0.5, 0.6) is 0 Å². The molecule has 0 fully saturated rings. The number of carbonyl (C=O) groups is 1. The molecule has 3 rings (SSSR count). The topological polar surface area (TPSA) is 67.5 Å². The Hall–Kier alpha value is -3.58. The molecular weight excluding hydrogens is 439 g/mol. The number of alkyl halides is 3. The van der Waals surface area contributed by atoms with Gasteiger partial charge in [0, 0.05) is 16.8 Å². The van der Waals surface area contributed by atoms with Gasteiger partial charge in [-0.3, -0.25) is 4.79 Å². The summed E-state index contributed by atoms with van der Waals surface area (Å²) in [5, 5.41) is 3.08. The van der Waals surface area contributed by atoms with Crippen LogP contribution in [0.15, 0.2) is 89.6 Å². The van der Waals surface area contributed by atoms with Crippen molar-refractivity contribution in [1.82, 2.24) is 0 Å². The molecule has 3 aromatic rings. The molecule has 0 saturated carbocycles. The molecule has 0 aromatic heterocycles. The molecule has 0 spiro atoms. The first-order chi connectivity index (χ1) is 15.1. The van der Waals surface area contributed by atoms with Gasteiger partial charge < -0.3 is 11.1 Å². The molecule has 0 bridgehead atoms. The number of carbonyl (C=O) groups excluding carboxylic acids is 1. The minimum Gasteiger partial charge on any atom is -0.395 e. The van der Waals surface area contributed by atoms with E-state index in [0.717, 1.165) is 11.6 Å². The second-order valence-corrected chi connectivity index (χ2v) is 7.30. The maximum absolute atomic E-state index is 13.0. The van der Waals surface area contributed by atoms with Gasteiger partial charge in [0.15, 0.2) is 0 Å². The zero-order chi connectivity index (χ0) is 23.3. The van der Waals surface area contributed by atoms with Crippen molar-refractivity contribution in [2.24, 2.45) is 10.7 Å². The Balaban J connectivity index is 1.95. The first kappa shape index (κ1) is 23.1. The van der Waals surface area contributed by atoms with E-state index in [1.807, 2.05) is 19.1 Å². The molecule has 0 radical (unpaired) electrons. The summed E-state index contributed by atoms with van der Waals surface area (Å²) >= 11 is 6.10. The third kappa shape index (κ3) is 5.76. The van der Waals surface area contributed by atoms with E-state index in [2.05, 4.69) is 10.3 Å². The highest BCUT2D eigenvalue weighted by molar-refractivity contribution is 6.33. The van der Waals surface area contributed by atoms with Gasteiger partial charge in [-0.25, -0.2) is 4.99 Å². The van der Waals surface area contributed by atoms with Gasteiger partial charge in [0.25, 0.3) is 5.91 Å². The third-order valence-corrected chi connectivity index (χ3v) is 4.87. The first-order valence-corrected chi connectivity index (χ1v) is 9.88. The summed E-state index contributed by atoms with van der Waals surface area (Å²) in [5.74, 6) is -0.346. The number of nitrogens with zero attached hydrogens (tertiary/aromatic N) is 1. The minimum absolute atomic E-state index is 0.0428. The maximum atomic E-state index is 13.0. The van der Waals surface area contributed by atoms with E-state index in [0.29, 0.717) is 16.8 Å². The van der Waals surface area contributed by atoms with Gasteiger partial charge in [-0.1, -0.05) is 54.1 Å². The van der Waals surface area contributed by atoms with Crippen LogP contribution in [0.2, 0.25) is 5.02 Å². The van der Waals surface area contributed by atoms with Crippen LogP contribution in [0, 0.1) is 6.92 Å². The molecule has 3 aromatic carbocycles. The predicted octanol–water partition coefficient (Wildman–Crippen LogP) is 6.43. The van der Waals surface area contributed by atoms with Crippen LogP contribution in [-0.2, 0) is 0 Å². The van der Waals surface area contributed by atoms with Crippen molar-refractivity contribution >= 4 is 34.6 Å². The molecule has 0 saturated heterocycles. The average Bonchev–Trinajstić information content (AvgIpc) is 2.75. The number of halogens is 4. The smallest absolute Gasteiger partial charge is 0.395 e. The number of nitrogens with one attached hydrogen (secondary N) is 1. The number of anilines is 1. The van der Waals surface area contributed by atoms with E-state index < -0.39 is 11.9 Å². The quantitative estimate of drug-likeness (QED) is 0.434. The van der Waals surface area contributed by atoms with E-state index in [4.69, 9.17) is 17.3 Å². The summed E-state index contributed by atoms with van der Waals surface area (Å²) in [4.78, 5) is 16.8. The molecule has 1 amide bonds. The molecular formula is C24H19ClF3N3O. The molecule has 4 nitrogen and oxygen atoms in total. The zero-order valence-electron chi connectivity index (χ0n) is 17.0. The van der Waals surface area contributed by atoms with Crippen molar-refractivity contribution < 1.29 is 18.0 Å². The fraction of sp³-hybridized carbons (Fsp3) is 0.0833. The average molecular weight is 458 g/mol. The number of rotatable bonds is 5. The monoisotopic (exact) mass is 457 g/mol. The molecule has 0 aliphatic heterocycles. The number of hydrogen-bond donors (Lipinski definition) is 2. The lowest BCUT2D eigenvalue weighted by Crippen LogP contribution is -2.21. The number of benzene rings is 3. The summed E-state index contributed by atoms with van der Waals surface area (Å²) in [6, 6.07) is 19.8. The normalized spacial score (nSPS) is 12.5. The lowest BCUT2D eigenvalue weighted by atomic mass is 10.1. The number of aliphatic imine (C=N–C) groups is 1. The van der Waals surface area contributed by atoms with Gasteiger partial charge in [0.2, 0.25) is 0 Å². The summed E-state index contributed by atoms with van der Waals surface area (Å²) in [6.07, 6.45) is -3.97. The molecule has 0 aliphatic rings. The molecule has 8 heteroatoms. The van der Waals surface area contributed by atoms with Crippen molar-refractivity contribution in [3.05, 3.63) is 106 Å². The Bertz CT molecular complexity index is 1190. The molecule has 0 aliphatic carbocycles. The van der Waals surface area contributed by atoms with Gasteiger partial charge in [0.05, 0.1) is 16.4 Å². The van der Waals surface area contributed by atoms with Crippen LogP contribution in [0.4, 0.5) is 24.5 Å². The van der Waals surface area contributed by atoms with Crippen LogP contribution in [0.1, 0.15) is 21.5 Å². The fourth-order valence-electron chi connectivity index (χ4n) is 2.78. The van der Waals surface area contributed by atoms with Crippen LogP contribution >= 0.6 is 11.6 Å².